The smallest absolute Gasteiger partial charge is 0.240 e. The molecule has 0 heterocycles. The van der Waals surface area contributed by atoms with Crippen molar-refractivity contribution in [1.29, 1.82) is 0 Å². The van der Waals surface area contributed by atoms with E-state index in [-0.39, 0.29) is 6.10 Å². The summed E-state index contributed by atoms with van der Waals surface area (Å²) in [5.74, 6) is 0. The lowest BCUT2D eigenvalue weighted by atomic mass is 9.92. The zero-order chi connectivity index (χ0) is 14.6. The maximum absolute atomic E-state index is 12.2. The lowest BCUT2D eigenvalue weighted by Crippen LogP contribution is -2.25. The Hall–Kier alpha value is -0.910. The molecule has 1 atom stereocenters. The molecule has 0 saturated heterocycles. The highest BCUT2D eigenvalue weighted by Gasteiger charge is 2.17. The normalized spacial score (nSPS) is 16.7. The van der Waals surface area contributed by atoms with Gasteiger partial charge in [0.1, 0.15) is 0 Å². The Bertz CT molecular complexity index is 552. The van der Waals surface area contributed by atoms with Crippen LogP contribution in [0.4, 0.5) is 0 Å². The molecule has 2 rings (SSSR count). The summed E-state index contributed by atoms with van der Waals surface area (Å²) in [4.78, 5) is 0.357. The first kappa shape index (κ1) is 15.5. The van der Waals surface area contributed by atoms with E-state index in [1.54, 1.807) is 13.0 Å². The van der Waals surface area contributed by atoms with Gasteiger partial charge in [0.25, 0.3) is 0 Å². The van der Waals surface area contributed by atoms with Crippen LogP contribution in [-0.4, -0.2) is 26.2 Å². The summed E-state index contributed by atoms with van der Waals surface area (Å²) >= 11 is 0. The highest BCUT2D eigenvalue weighted by molar-refractivity contribution is 7.89. The standard InChI is InChI=1S/C15H23NO3S/c1-12(17)5-4-10-16-20(18,19)15-9-8-13-6-2-3-7-14(13)11-15/h8-9,11-12,16-17H,2-7,10H2,1H3. The second-order valence-corrected chi connectivity index (χ2v) is 7.29. The predicted octanol–water partition coefficient (Wildman–Crippen LogP) is 2.00. The fourth-order valence-electron chi connectivity index (χ4n) is 2.56. The predicted molar refractivity (Wildman–Crippen MR) is 79.2 cm³/mol. The van der Waals surface area contributed by atoms with E-state index in [1.165, 1.54) is 17.5 Å². The van der Waals surface area contributed by atoms with E-state index in [1.807, 2.05) is 12.1 Å². The number of rotatable bonds is 6. The van der Waals surface area contributed by atoms with Crippen molar-refractivity contribution in [2.24, 2.45) is 0 Å². The van der Waals surface area contributed by atoms with E-state index in [9.17, 15) is 8.42 Å². The molecule has 0 fully saturated rings. The molecule has 0 amide bonds. The number of benzene rings is 1. The average molecular weight is 297 g/mol. The fourth-order valence-corrected chi connectivity index (χ4v) is 3.69. The quantitative estimate of drug-likeness (QED) is 0.789. The molecule has 0 spiro atoms. The summed E-state index contributed by atoms with van der Waals surface area (Å²) in [5.41, 5.74) is 2.45. The van der Waals surface area contributed by atoms with Gasteiger partial charge in [0.05, 0.1) is 11.0 Å². The van der Waals surface area contributed by atoms with Crippen LogP contribution < -0.4 is 4.72 Å². The minimum absolute atomic E-state index is 0.357. The van der Waals surface area contributed by atoms with Crippen molar-refractivity contribution >= 4 is 10.0 Å². The lowest BCUT2D eigenvalue weighted by molar-refractivity contribution is 0.182. The van der Waals surface area contributed by atoms with Crippen molar-refractivity contribution in [3.05, 3.63) is 29.3 Å². The van der Waals surface area contributed by atoms with Crippen LogP contribution in [0.25, 0.3) is 0 Å². The molecule has 1 aliphatic rings. The minimum Gasteiger partial charge on any atom is -0.393 e. The first-order chi connectivity index (χ1) is 9.49. The fraction of sp³-hybridized carbons (Fsp3) is 0.600. The van der Waals surface area contributed by atoms with Gasteiger partial charge in [-0.25, -0.2) is 13.1 Å². The Balaban J connectivity index is 2.02. The van der Waals surface area contributed by atoms with Gasteiger partial charge in [0, 0.05) is 6.54 Å². The molecule has 1 aliphatic carbocycles. The molecule has 2 N–H and O–H groups in total. The number of aliphatic hydroxyl groups is 1. The van der Waals surface area contributed by atoms with Crippen LogP contribution in [0.15, 0.2) is 23.1 Å². The van der Waals surface area contributed by atoms with E-state index in [2.05, 4.69) is 4.72 Å². The largest absolute Gasteiger partial charge is 0.393 e. The van der Waals surface area contributed by atoms with E-state index in [0.717, 1.165) is 19.3 Å². The summed E-state index contributed by atoms with van der Waals surface area (Å²) in [6, 6.07) is 5.45. The molecule has 1 unspecified atom stereocenters. The zero-order valence-electron chi connectivity index (χ0n) is 11.9. The van der Waals surface area contributed by atoms with Crippen LogP contribution >= 0.6 is 0 Å². The minimum atomic E-state index is -3.42. The number of hydrogen-bond donors (Lipinski definition) is 2. The molecule has 20 heavy (non-hydrogen) atoms. The van der Waals surface area contributed by atoms with Crippen molar-refractivity contribution in [1.82, 2.24) is 4.72 Å². The first-order valence-corrected chi connectivity index (χ1v) is 8.77. The second kappa shape index (κ2) is 6.70. The van der Waals surface area contributed by atoms with E-state index in [0.29, 0.717) is 24.3 Å². The third kappa shape index (κ3) is 4.04. The maximum Gasteiger partial charge on any atom is 0.240 e. The van der Waals surface area contributed by atoms with Crippen molar-refractivity contribution in [2.45, 2.75) is 56.4 Å². The van der Waals surface area contributed by atoms with Crippen LogP contribution in [0.1, 0.15) is 43.7 Å². The molecule has 0 saturated carbocycles. The topological polar surface area (TPSA) is 66.4 Å². The van der Waals surface area contributed by atoms with Gasteiger partial charge in [0.2, 0.25) is 10.0 Å². The lowest BCUT2D eigenvalue weighted by Gasteiger charge is -2.16. The van der Waals surface area contributed by atoms with Crippen LogP contribution in [-0.2, 0) is 22.9 Å². The molecule has 0 radical (unpaired) electrons. The highest BCUT2D eigenvalue weighted by Crippen LogP contribution is 2.23. The Kier molecular flexibility index (Phi) is 5.18. The third-order valence-corrected chi connectivity index (χ3v) is 5.18. The van der Waals surface area contributed by atoms with Crippen molar-refractivity contribution in [3.8, 4) is 0 Å². The van der Waals surface area contributed by atoms with E-state index in [4.69, 9.17) is 5.11 Å². The summed E-state index contributed by atoms with van der Waals surface area (Å²) in [5, 5.41) is 9.15. The number of aryl methyl sites for hydroxylation is 2. The Morgan fingerprint density at radius 3 is 2.65 bits per heavy atom. The summed E-state index contributed by atoms with van der Waals surface area (Å²) in [6.45, 7) is 2.07. The van der Waals surface area contributed by atoms with E-state index >= 15 is 0 Å². The first-order valence-electron chi connectivity index (χ1n) is 7.28. The molecule has 0 aliphatic heterocycles. The van der Waals surface area contributed by atoms with Gasteiger partial charge in [-0.1, -0.05) is 6.07 Å². The number of nitrogens with one attached hydrogen (secondary N) is 1. The van der Waals surface area contributed by atoms with Crippen LogP contribution in [0.5, 0.6) is 0 Å². The Morgan fingerprint density at radius 1 is 1.25 bits per heavy atom. The molecule has 112 valence electrons. The van der Waals surface area contributed by atoms with Gasteiger partial charge < -0.3 is 5.11 Å². The summed E-state index contributed by atoms with van der Waals surface area (Å²) in [6.07, 6.45) is 5.21. The zero-order valence-corrected chi connectivity index (χ0v) is 12.7. The van der Waals surface area contributed by atoms with Gasteiger partial charge in [-0.3, -0.25) is 0 Å². The summed E-state index contributed by atoms with van der Waals surface area (Å²) in [7, 11) is -3.42. The second-order valence-electron chi connectivity index (χ2n) is 5.53. The highest BCUT2D eigenvalue weighted by atomic mass is 32.2. The SMILES string of the molecule is CC(O)CCCNS(=O)(=O)c1ccc2c(c1)CCCC2. The van der Waals surface area contributed by atoms with Gasteiger partial charge in [0.15, 0.2) is 0 Å². The molecular weight excluding hydrogens is 274 g/mol. The Morgan fingerprint density at radius 2 is 1.95 bits per heavy atom. The maximum atomic E-state index is 12.2. The molecular formula is C15H23NO3S. The third-order valence-electron chi connectivity index (χ3n) is 3.72. The number of sulfonamides is 1. The molecule has 0 bridgehead atoms. The van der Waals surface area contributed by atoms with Gasteiger partial charge in [-0.2, -0.15) is 0 Å². The van der Waals surface area contributed by atoms with Crippen LogP contribution in [0.3, 0.4) is 0 Å². The molecule has 0 aromatic heterocycles. The van der Waals surface area contributed by atoms with Crippen LogP contribution in [0.2, 0.25) is 0 Å². The number of hydrogen-bond acceptors (Lipinski definition) is 3. The Labute approximate surface area is 121 Å². The molecule has 5 heteroatoms. The summed E-state index contributed by atoms with van der Waals surface area (Å²) < 4.78 is 27.0. The molecule has 1 aromatic carbocycles. The average Bonchev–Trinajstić information content (AvgIpc) is 2.43. The molecule has 1 aromatic rings. The monoisotopic (exact) mass is 297 g/mol. The molecule has 4 nitrogen and oxygen atoms in total. The van der Waals surface area contributed by atoms with Crippen molar-refractivity contribution in [3.63, 3.8) is 0 Å². The number of aliphatic hydroxyl groups excluding tert-OH is 1. The van der Waals surface area contributed by atoms with Crippen molar-refractivity contribution in [2.75, 3.05) is 6.54 Å². The van der Waals surface area contributed by atoms with Crippen LogP contribution in [0, 0.1) is 0 Å². The van der Waals surface area contributed by atoms with Gasteiger partial charge in [-0.15, -0.1) is 0 Å². The van der Waals surface area contributed by atoms with Crippen molar-refractivity contribution < 1.29 is 13.5 Å². The van der Waals surface area contributed by atoms with Gasteiger partial charge >= 0.3 is 0 Å². The van der Waals surface area contributed by atoms with E-state index < -0.39 is 10.0 Å². The number of fused-ring (bicyclic) bond motifs is 1. The van der Waals surface area contributed by atoms with Gasteiger partial charge in [-0.05, 0) is 68.7 Å².